The Morgan fingerprint density at radius 2 is 1.94 bits per heavy atom. The first-order chi connectivity index (χ1) is 7.59. The molecule has 1 aliphatic rings. The third-order valence-corrected chi connectivity index (χ3v) is 4.79. The molecular weight excluding hydrogens is 262 g/mol. The molecule has 2 N–H and O–H groups in total. The molecule has 1 heterocycles. The summed E-state index contributed by atoms with van der Waals surface area (Å²) in [7, 11) is -3.70. The van der Waals surface area contributed by atoms with Gasteiger partial charge in [0, 0.05) is 16.0 Å². The van der Waals surface area contributed by atoms with E-state index in [0.29, 0.717) is 0 Å². The van der Waals surface area contributed by atoms with E-state index in [1.807, 2.05) is 0 Å². The molecule has 2 rings (SSSR count). The lowest BCUT2D eigenvalue weighted by molar-refractivity contribution is -0.0718. The van der Waals surface area contributed by atoms with Crippen LogP contribution in [0, 0.1) is 5.41 Å². The fourth-order valence-corrected chi connectivity index (χ4v) is 3.97. The van der Waals surface area contributed by atoms with Crippen molar-refractivity contribution < 1.29 is 13.5 Å². The number of benzene rings is 1. The molecule has 1 aliphatic heterocycles. The molecule has 0 spiro atoms. The molecular formula is C11H14ClNO3S. The van der Waals surface area contributed by atoms with Crippen molar-refractivity contribution >= 4 is 21.6 Å². The highest BCUT2D eigenvalue weighted by Crippen LogP contribution is 2.47. The van der Waals surface area contributed by atoms with Crippen LogP contribution in [0.3, 0.4) is 0 Å². The summed E-state index contributed by atoms with van der Waals surface area (Å²) < 4.78 is 26.2. The molecule has 17 heavy (non-hydrogen) atoms. The summed E-state index contributed by atoms with van der Waals surface area (Å²) in [5.74, 6) is 0. The van der Waals surface area contributed by atoms with Crippen molar-refractivity contribution in [3.8, 4) is 0 Å². The van der Waals surface area contributed by atoms with E-state index in [1.54, 1.807) is 32.9 Å². The third kappa shape index (κ3) is 1.69. The van der Waals surface area contributed by atoms with Crippen LogP contribution in [0.25, 0.3) is 0 Å². The Balaban J connectivity index is 2.84. The molecule has 0 radical (unpaired) electrons. The number of halogens is 1. The minimum Gasteiger partial charge on any atom is -0.370 e. The van der Waals surface area contributed by atoms with Gasteiger partial charge in [-0.05, 0) is 12.1 Å². The number of hydrogen-bond acceptors (Lipinski definition) is 3. The Morgan fingerprint density at radius 1 is 1.35 bits per heavy atom. The summed E-state index contributed by atoms with van der Waals surface area (Å²) in [5.41, 5.74) is -2.16. The van der Waals surface area contributed by atoms with Crippen LogP contribution >= 0.6 is 11.6 Å². The number of nitrogens with one attached hydrogen (secondary N) is 1. The van der Waals surface area contributed by atoms with Crippen LogP contribution in [-0.4, -0.2) is 13.5 Å². The van der Waals surface area contributed by atoms with Crippen LogP contribution < -0.4 is 4.72 Å². The molecule has 0 bridgehead atoms. The molecule has 0 saturated heterocycles. The normalized spacial score (nSPS) is 26.9. The van der Waals surface area contributed by atoms with E-state index in [-0.39, 0.29) is 15.5 Å². The summed E-state index contributed by atoms with van der Waals surface area (Å²) in [6, 6.07) is 4.56. The maximum atomic E-state index is 11.9. The quantitative estimate of drug-likeness (QED) is 0.759. The largest absolute Gasteiger partial charge is 0.370 e. The number of fused-ring (bicyclic) bond motifs is 1. The lowest BCUT2D eigenvalue weighted by Gasteiger charge is -2.36. The Morgan fingerprint density at radius 3 is 2.47 bits per heavy atom. The molecule has 1 aromatic carbocycles. The monoisotopic (exact) mass is 275 g/mol. The molecule has 1 atom stereocenters. The highest BCUT2D eigenvalue weighted by atomic mass is 35.5. The zero-order valence-corrected chi connectivity index (χ0v) is 11.4. The molecule has 1 unspecified atom stereocenters. The topological polar surface area (TPSA) is 66.4 Å². The van der Waals surface area contributed by atoms with Crippen LogP contribution in [0.4, 0.5) is 0 Å². The minimum absolute atomic E-state index is 0.0439. The third-order valence-electron chi connectivity index (χ3n) is 2.99. The lowest BCUT2D eigenvalue weighted by atomic mass is 9.79. The second-order valence-electron chi connectivity index (χ2n) is 5.18. The van der Waals surface area contributed by atoms with Gasteiger partial charge < -0.3 is 5.11 Å². The summed E-state index contributed by atoms with van der Waals surface area (Å²) >= 11 is 6.02. The van der Waals surface area contributed by atoms with Gasteiger partial charge in [0.2, 0.25) is 10.0 Å². The minimum atomic E-state index is -3.70. The fraction of sp³-hybridized carbons (Fsp3) is 0.455. The van der Waals surface area contributed by atoms with E-state index in [4.69, 9.17) is 11.6 Å². The van der Waals surface area contributed by atoms with E-state index in [2.05, 4.69) is 4.72 Å². The Bertz CT molecular complexity index is 577. The molecule has 0 aliphatic carbocycles. The van der Waals surface area contributed by atoms with Gasteiger partial charge in [0.15, 0.2) is 5.72 Å². The first-order valence-corrected chi connectivity index (χ1v) is 7.01. The van der Waals surface area contributed by atoms with Crippen molar-refractivity contribution in [2.24, 2.45) is 5.41 Å². The molecule has 6 heteroatoms. The van der Waals surface area contributed by atoms with Crippen molar-refractivity contribution in [3.05, 3.63) is 28.8 Å². The summed E-state index contributed by atoms with van der Waals surface area (Å²) in [6.07, 6.45) is 0. The predicted molar refractivity (Wildman–Crippen MR) is 65.1 cm³/mol. The SMILES string of the molecule is CC(C)(C)C1(O)NS(=O)(=O)c2cccc(Cl)c21. The molecule has 0 fully saturated rings. The molecule has 0 amide bonds. The van der Waals surface area contributed by atoms with Crippen LogP contribution in [0.5, 0.6) is 0 Å². The van der Waals surface area contributed by atoms with Crippen molar-refractivity contribution in [1.29, 1.82) is 0 Å². The van der Waals surface area contributed by atoms with Crippen LogP contribution in [0.15, 0.2) is 23.1 Å². The molecule has 0 aromatic heterocycles. The summed E-state index contributed by atoms with van der Waals surface area (Å²) in [4.78, 5) is 0.0439. The zero-order chi connectivity index (χ0) is 13.1. The van der Waals surface area contributed by atoms with Gasteiger partial charge in [0.1, 0.15) is 0 Å². The van der Waals surface area contributed by atoms with E-state index in [9.17, 15) is 13.5 Å². The maximum Gasteiger partial charge on any atom is 0.243 e. The predicted octanol–water partition coefficient (Wildman–Crippen LogP) is 1.82. The van der Waals surface area contributed by atoms with Crippen LogP contribution in [0.2, 0.25) is 5.02 Å². The second-order valence-corrected chi connectivity index (χ2v) is 7.24. The van der Waals surface area contributed by atoms with Crippen LogP contribution in [-0.2, 0) is 15.7 Å². The van der Waals surface area contributed by atoms with E-state index < -0.39 is 21.2 Å². The highest BCUT2D eigenvalue weighted by Gasteiger charge is 2.53. The van der Waals surface area contributed by atoms with E-state index in [1.165, 1.54) is 6.07 Å². The highest BCUT2D eigenvalue weighted by molar-refractivity contribution is 7.89. The van der Waals surface area contributed by atoms with Gasteiger partial charge in [-0.25, -0.2) is 8.42 Å². The summed E-state index contributed by atoms with van der Waals surface area (Å²) in [5, 5.41) is 10.9. The zero-order valence-electron chi connectivity index (χ0n) is 9.78. The van der Waals surface area contributed by atoms with Crippen molar-refractivity contribution in [3.63, 3.8) is 0 Å². The lowest BCUT2D eigenvalue weighted by Crippen LogP contribution is -2.49. The van der Waals surface area contributed by atoms with Gasteiger partial charge in [-0.15, -0.1) is 0 Å². The van der Waals surface area contributed by atoms with Gasteiger partial charge in [0.25, 0.3) is 0 Å². The van der Waals surface area contributed by atoms with Crippen LogP contribution in [0.1, 0.15) is 26.3 Å². The fourth-order valence-electron chi connectivity index (χ4n) is 1.91. The van der Waals surface area contributed by atoms with Gasteiger partial charge >= 0.3 is 0 Å². The first kappa shape index (κ1) is 12.8. The number of sulfonamides is 1. The smallest absolute Gasteiger partial charge is 0.243 e. The number of aliphatic hydroxyl groups is 1. The molecule has 94 valence electrons. The van der Waals surface area contributed by atoms with Crippen molar-refractivity contribution in [2.45, 2.75) is 31.4 Å². The standard InChI is InChI=1S/C11H14ClNO3S/c1-10(2,3)11(14)9-7(12)5-4-6-8(9)17(15,16)13-11/h4-6,13-14H,1-3H3. The van der Waals surface area contributed by atoms with E-state index >= 15 is 0 Å². The molecule has 0 saturated carbocycles. The second kappa shape index (κ2) is 3.45. The molecule has 4 nitrogen and oxygen atoms in total. The van der Waals surface area contributed by atoms with Crippen molar-refractivity contribution in [2.75, 3.05) is 0 Å². The number of rotatable bonds is 0. The average molecular weight is 276 g/mol. The van der Waals surface area contributed by atoms with Gasteiger partial charge in [-0.3, -0.25) is 0 Å². The average Bonchev–Trinajstić information content (AvgIpc) is 2.35. The Labute approximate surface area is 106 Å². The molecule has 1 aromatic rings. The Hall–Kier alpha value is -0.620. The van der Waals surface area contributed by atoms with Gasteiger partial charge in [0.05, 0.1) is 4.90 Å². The summed E-state index contributed by atoms with van der Waals surface area (Å²) in [6.45, 7) is 5.23. The number of hydrogen-bond donors (Lipinski definition) is 2. The Kier molecular flexibility index (Phi) is 2.60. The van der Waals surface area contributed by atoms with Gasteiger partial charge in [-0.2, -0.15) is 4.72 Å². The maximum absolute atomic E-state index is 11.9. The first-order valence-electron chi connectivity index (χ1n) is 5.15. The van der Waals surface area contributed by atoms with E-state index in [0.717, 1.165) is 0 Å². The van der Waals surface area contributed by atoms with Crippen molar-refractivity contribution in [1.82, 2.24) is 4.72 Å². The van der Waals surface area contributed by atoms with Gasteiger partial charge in [-0.1, -0.05) is 38.4 Å².